The lowest BCUT2D eigenvalue weighted by Crippen LogP contribution is -2.27. The topological polar surface area (TPSA) is 64.8 Å². The molecule has 2 aromatic rings. The third-order valence-electron chi connectivity index (χ3n) is 3.72. The second-order valence-electron chi connectivity index (χ2n) is 5.13. The number of hydrogen-bond acceptors (Lipinski definition) is 5. The van der Waals surface area contributed by atoms with E-state index >= 15 is 0 Å². The molecular weight excluding hydrogens is 300 g/mol. The van der Waals surface area contributed by atoms with Gasteiger partial charge in [0.15, 0.2) is 11.5 Å². The molecule has 2 aliphatic heterocycles. The number of ether oxygens (including phenoxy) is 2. The number of nitrogen functional groups attached to an aromatic ring is 1. The molecule has 2 aliphatic rings. The van der Waals surface area contributed by atoms with Crippen molar-refractivity contribution in [1.29, 1.82) is 0 Å². The first-order valence-electron chi connectivity index (χ1n) is 6.91. The summed E-state index contributed by atoms with van der Waals surface area (Å²) < 4.78 is 10.7. The molecule has 0 bridgehead atoms. The largest absolute Gasteiger partial charge is 0.454 e. The number of carbonyl (C=O) groups is 1. The van der Waals surface area contributed by atoms with Crippen LogP contribution in [0, 0.1) is 0 Å². The molecule has 2 N–H and O–H groups in total. The molecule has 1 saturated heterocycles. The van der Waals surface area contributed by atoms with Crippen LogP contribution in [-0.4, -0.2) is 18.5 Å². The molecule has 2 heterocycles. The van der Waals surface area contributed by atoms with Crippen LogP contribution in [0.4, 0.5) is 11.4 Å². The Balaban J connectivity index is 1.71. The summed E-state index contributed by atoms with van der Waals surface area (Å²) in [5.74, 6) is 1.94. The van der Waals surface area contributed by atoms with Gasteiger partial charge in [0.2, 0.25) is 12.7 Å². The monoisotopic (exact) mass is 314 g/mol. The van der Waals surface area contributed by atoms with Crippen molar-refractivity contribution in [2.24, 2.45) is 0 Å². The standard InChI is InChI=1S/C16H14N2O3S/c17-11-3-1-10(2-4-11)16-18(15(19)8-22-16)12-5-6-13-14(7-12)21-9-20-13/h1-7,16H,8-9,17H2/t16-/m1/s1. The van der Waals surface area contributed by atoms with Gasteiger partial charge in [-0.1, -0.05) is 12.1 Å². The molecule has 0 aromatic heterocycles. The van der Waals surface area contributed by atoms with Crippen molar-refractivity contribution in [3.8, 4) is 11.5 Å². The van der Waals surface area contributed by atoms with Gasteiger partial charge >= 0.3 is 0 Å². The summed E-state index contributed by atoms with van der Waals surface area (Å²) in [7, 11) is 0. The van der Waals surface area contributed by atoms with E-state index in [1.165, 1.54) is 0 Å². The van der Waals surface area contributed by atoms with Crippen molar-refractivity contribution in [3.05, 3.63) is 48.0 Å². The number of benzene rings is 2. The van der Waals surface area contributed by atoms with Crippen LogP contribution in [0.5, 0.6) is 11.5 Å². The molecule has 0 spiro atoms. The third kappa shape index (κ3) is 2.16. The van der Waals surface area contributed by atoms with Crippen molar-refractivity contribution in [3.63, 3.8) is 0 Å². The average molecular weight is 314 g/mol. The quantitative estimate of drug-likeness (QED) is 0.864. The van der Waals surface area contributed by atoms with Crippen LogP contribution in [0.3, 0.4) is 0 Å². The first kappa shape index (κ1) is 13.3. The highest BCUT2D eigenvalue weighted by Crippen LogP contribution is 2.44. The van der Waals surface area contributed by atoms with Crippen LogP contribution in [0.1, 0.15) is 10.9 Å². The summed E-state index contributed by atoms with van der Waals surface area (Å²) in [5.41, 5.74) is 8.34. The number of hydrogen-bond donors (Lipinski definition) is 1. The Morgan fingerprint density at radius 3 is 2.68 bits per heavy atom. The van der Waals surface area contributed by atoms with Crippen LogP contribution in [0.2, 0.25) is 0 Å². The fourth-order valence-corrected chi connectivity index (χ4v) is 3.82. The fourth-order valence-electron chi connectivity index (χ4n) is 2.65. The van der Waals surface area contributed by atoms with Gasteiger partial charge in [-0.05, 0) is 29.8 Å². The van der Waals surface area contributed by atoms with Gasteiger partial charge in [0, 0.05) is 17.4 Å². The molecule has 4 rings (SSSR count). The number of nitrogens with two attached hydrogens (primary N) is 1. The van der Waals surface area contributed by atoms with Gasteiger partial charge in [-0.25, -0.2) is 0 Å². The zero-order valence-electron chi connectivity index (χ0n) is 11.7. The SMILES string of the molecule is Nc1ccc([C@H]2SCC(=O)N2c2ccc3c(c2)OCO3)cc1. The van der Waals surface area contributed by atoms with E-state index in [9.17, 15) is 4.79 Å². The van der Waals surface area contributed by atoms with Gasteiger partial charge in [-0.3, -0.25) is 9.69 Å². The lowest BCUT2D eigenvalue weighted by molar-refractivity contribution is -0.115. The molecular formula is C16H14N2O3S. The Hall–Kier alpha value is -2.34. The van der Waals surface area contributed by atoms with E-state index in [0.29, 0.717) is 22.9 Å². The molecule has 0 unspecified atom stereocenters. The van der Waals surface area contributed by atoms with Crippen molar-refractivity contribution in [2.45, 2.75) is 5.37 Å². The number of rotatable bonds is 2. The Kier molecular flexibility index (Phi) is 3.11. The summed E-state index contributed by atoms with van der Waals surface area (Å²) in [5, 5.41) is -0.0477. The van der Waals surface area contributed by atoms with Crippen LogP contribution < -0.4 is 20.1 Å². The molecule has 0 radical (unpaired) electrons. The maximum atomic E-state index is 12.3. The van der Waals surface area contributed by atoms with Crippen LogP contribution in [0.15, 0.2) is 42.5 Å². The normalized spacial score (nSPS) is 19.7. The van der Waals surface area contributed by atoms with E-state index < -0.39 is 0 Å². The van der Waals surface area contributed by atoms with E-state index in [-0.39, 0.29) is 18.1 Å². The van der Waals surface area contributed by atoms with Crippen LogP contribution >= 0.6 is 11.8 Å². The molecule has 1 amide bonds. The minimum atomic E-state index is -0.0477. The smallest absolute Gasteiger partial charge is 0.238 e. The molecule has 22 heavy (non-hydrogen) atoms. The van der Waals surface area contributed by atoms with E-state index in [2.05, 4.69) is 0 Å². The van der Waals surface area contributed by atoms with Crippen molar-refractivity contribution in [2.75, 3.05) is 23.2 Å². The zero-order valence-corrected chi connectivity index (χ0v) is 12.5. The molecule has 2 aromatic carbocycles. The molecule has 0 aliphatic carbocycles. The van der Waals surface area contributed by atoms with E-state index in [1.807, 2.05) is 42.5 Å². The maximum absolute atomic E-state index is 12.3. The number of thioether (sulfide) groups is 1. The lowest BCUT2D eigenvalue weighted by atomic mass is 10.1. The fraction of sp³-hybridized carbons (Fsp3) is 0.188. The first-order chi connectivity index (χ1) is 10.7. The lowest BCUT2D eigenvalue weighted by Gasteiger charge is -2.24. The Morgan fingerprint density at radius 2 is 1.86 bits per heavy atom. The molecule has 1 atom stereocenters. The van der Waals surface area contributed by atoms with Gasteiger partial charge in [0.05, 0.1) is 5.75 Å². The number of carbonyl (C=O) groups excluding carboxylic acids is 1. The minimum absolute atomic E-state index is 0.0477. The van der Waals surface area contributed by atoms with Gasteiger partial charge in [-0.15, -0.1) is 11.8 Å². The Bertz CT molecular complexity index is 733. The summed E-state index contributed by atoms with van der Waals surface area (Å²) in [6.07, 6.45) is 0. The molecule has 0 saturated carbocycles. The molecule has 5 nitrogen and oxygen atoms in total. The second kappa shape index (κ2) is 5.14. The van der Waals surface area contributed by atoms with Gasteiger partial charge in [0.1, 0.15) is 5.37 Å². The highest BCUT2D eigenvalue weighted by atomic mass is 32.2. The number of nitrogens with zero attached hydrogens (tertiary/aromatic N) is 1. The van der Waals surface area contributed by atoms with Crippen molar-refractivity contribution < 1.29 is 14.3 Å². The highest BCUT2D eigenvalue weighted by molar-refractivity contribution is 8.00. The summed E-state index contributed by atoms with van der Waals surface area (Å²) in [6, 6.07) is 13.2. The predicted octanol–water partition coefficient (Wildman–Crippen LogP) is 2.78. The van der Waals surface area contributed by atoms with Crippen LogP contribution in [0.25, 0.3) is 0 Å². The van der Waals surface area contributed by atoms with E-state index in [0.717, 1.165) is 11.3 Å². The van der Waals surface area contributed by atoms with Gasteiger partial charge in [-0.2, -0.15) is 0 Å². The number of anilines is 2. The summed E-state index contributed by atoms with van der Waals surface area (Å²) in [4.78, 5) is 14.1. The number of amides is 1. The Labute approximate surface area is 132 Å². The summed E-state index contributed by atoms with van der Waals surface area (Å²) in [6.45, 7) is 0.225. The van der Waals surface area contributed by atoms with Gasteiger partial charge < -0.3 is 15.2 Å². The highest BCUT2D eigenvalue weighted by Gasteiger charge is 2.34. The van der Waals surface area contributed by atoms with E-state index in [4.69, 9.17) is 15.2 Å². The number of fused-ring (bicyclic) bond motifs is 1. The van der Waals surface area contributed by atoms with E-state index in [1.54, 1.807) is 16.7 Å². The van der Waals surface area contributed by atoms with Crippen LogP contribution in [-0.2, 0) is 4.79 Å². The summed E-state index contributed by atoms with van der Waals surface area (Å²) >= 11 is 1.61. The average Bonchev–Trinajstić information content (AvgIpc) is 3.13. The molecule has 1 fully saturated rings. The second-order valence-corrected chi connectivity index (χ2v) is 6.20. The van der Waals surface area contributed by atoms with Crippen molar-refractivity contribution in [1.82, 2.24) is 0 Å². The zero-order chi connectivity index (χ0) is 15.1. The Morgan fingerprint density at radius 1 is 1.09 bits per heavy atom. The maximum Gasteiger partial charge on any atom is 0.238 e. The first-order valence-corrected chi connectivity index (χ1v) is 7.96. The van der Waals surface area contributed by atoms with Crippen molar-refractivity contribution >= 4 is 29.0 Å². The molecule has 6 heteroatoms. The molecule has 112 valence electrons. The third-order valence-corrected chi connectivity index (χ3v) is 4.94. The predicted molar refractivity (Wildman–Crippen MR) is 86.1 cm³/mol. The van der Waals surface area contributed by atoms with Gasteiger partial charge in [0.25, 0.3) is 0 Å². The minimum Gasteiger partial charge on any atom is -0.454 e.